The van der Waals surface area contributed by atoms with Gasteiger partial charge >= 0.3 is 0 Å². The number of amides is 1. The Labute approximate surface area is 200 Å². The van der Waals surface area contributed by atoms with Crippen molar-refractivity contribution < 1.29 is 23.9 Å². The Balaban J connectivity index is 1.50. The average Bonchev–Trinajstić information content (AvgIpc) is 3.56. The number of carbonyl (C=O) groups is 1. The van der Waals surface area contributed by atoms with Crippen molar-refractivity contribution in [1.29, 1.82) is 0 Å². The molecule has 1 fully saturated rings. The zero-order chi connectivity index (χ0) is 23.9. The lowest BCUT2D eigenvalue weighted by atomic mass is 10.1. The standard InChI is InChI=1S/C24H25N3O6S/c1-31-22-10-19(20(27(29)30)11-23(22)32-13-17-14-34-15-26-17)24(28)25-12-16-6-2-5-9-21(16)33-18-7-3-4-8-18/h2,5-6,9-11,14-15,18H,3-4,7-8,12-13H2,1H3,(H,25,28). The van der Waals surface area contributed by atoms with Gasteiger partial charge in [0.25, 0.3) is 11.6 Å². The van der Waals surface area contributed by atoms with Crippen molar-refractivity contribution in [2.75, 3.05) is 7.11 Å². The fourth-order valence-corrected chi connectivity index (χ4v) is 4.38. The largest absolute Gasteiger partial charge is 0.493 e. The molecule has 3 aromatic rings. The topological polar surface area (TPSA) is 113 Å². The Morgan fingerprint density at radius 3 is 2.71 bits per heavy atom. The summed E-state index contributed by atoms with van der Waals surface area (Å²) < 4.78 is 17.1. The minimum atomic E-state index is -0.610. The Hall–Kier alpha value is -3.66. The fraction of sp³-hybridized carbons (Fsp3) is 0.333. The normalized spacial score (nSPS) is 13.4. The van der Waals surface area contributed by atoms with Gasteiger partial charge in [0.2, 0.25) is 0 Å². The first kappa shape index (κ1) is 23.5. The molecule has 1 aromatic heterocycles. The molecular weight excluding hydrogens is 458 g/mol. The quantitative estimate of drug-likeness (QED) is 0.323. The van der Waals surface area contributed by atoms with Crippen molar-refractivity contribution in [3.05, 3.63) is 74.2 Å². The van der Waals surface area contributed by atoms with Crippen LogP contribution in [-0.4, -0.2) is 29.0 Å². The monoisotopic (exact) mass is 483 g/mol. The third-order valence-electron chi connectivity index (χ3n) is 5.59. The number of nitro benzene ring substituents is 1. The van der Waals surface area contributed by atoms with Crippen molar-refractivity contribution in [3.8, 4) is 17.2 Å². The van der Waals surface area contributed by atoms with Crippen molar-refractivity contribution >= 4 is 22.9 Å². The van der Waals surface area contributed by atoms with Crippen LogP contribution in [0.4, 0.5) is 5.69 Å². The zero-order valence-corrected chi connectivity index (χ0v) is 19.5. The van der Waals surface area contributed by atoms with E-state index in [4.69, 9.17) is 14.2 Å². The number of nitro groups is 1. The molecule has 0 unspecified atom stereocenters. The molecule has 0 radical (unpaired) electrons. The number of para-hydroxylation sites is 1. The van der Waals surface area contributed by atoms with Gasteiger partial charge in [-0.15, -0.1) is 11.3 Å². The van der Waals surface area contributed by atoms with Crippen molar-refractivity contribution in [3.63, 3.8) is 0 Å². The van der Waals surface area contributed by atoms with Crippen LogP contribution in [0.15, 0.2) is 47.3 Å². The number of benzene rings is 2. The van der Waals surface area contributed by atoms with E-state index in [2.05, 4.69) is 10.3 Å². The molecule has 10 heteroatoms. The number of nitrogens with one attached hydrogen (secondary N) is 1. The van der Waals surface area contributed by atoms with Gasteiger partial charge in [0, 0.05) is 23.6 Å². The number of methoxy groups -OCH3 is 1. The number of rotatable bonds is 10. The average molecular weight is 484 g/mol. The molecule has 1 N–H and O–H groups in total. The van der Waals surface area contributed by atoms with Crippen LogP contribution in [0.3, 0.4) is 0 Å². The third-order valence-corrected chi connectivity index (χ3v) is 6.23. The Kier molecular flexibility index (Phi) is 7.58. The van der Waals surface area contributed by atoms with E-state index in [0.717, 1.165) is 31.2 Å². The van der Waals surface area contributed by atoms with Crippen LogP contribution in [-0.2, 0) is 13.2 Å². The molecule has 34 heavy (non-hydrogen) atoms. The number of hydrogen-bond acceptors (Lipinski definition) is 8. The SMILES string of the molecule is COc1cc(C(=O)NCc2ccccc2OC2CCCC2)c([N+](=O)[O-])cc1OCc1cscn1. The minimum Gasteiger partial charge on any atom is -0.493 e. The first-order valence-corrected chi connectivity index (χ1v) is 11.9. The number of aromatic nitrogens is 1. The van der Waals surface area contributed by atoms with Gasteiger partial charge in [-0.25, -0.2) is 4.98 Å². The lowest BCUT2D eigenvalue weighted by Crippen LogP contribution is -2.24. The number of thiazole rings is 1. The molecule has 0 aliphatic heterocycles. The maximum atomic E-state index is 13.0. The summed E-state index contributed by atoms with van der Waals surface area (Å²) in [6, 6.07) is 10.0. The highest BCUT2D eigenvalue weighted by Crippen LogP contribution is 2.35. The summed E-state index contributed by atoms with van der Waals surface area (Å²) in [5.41, 5.74) is 2.68. The maximum absolute atomic E-state index is 13.0. The molecule has 2 aromatic carbocycles. The molecule has 4 rings (SSSR count). The Morgan fingerprint density at radius 1 is 1.21 bits per heavy atom. The van der Waals surface area contributed by atoms with Crippen LogP contribution < -0.4 is 19.5 Å². The van der Waals surface area contributed by atoms with E-state index in [9.17, 15) is 14.9 Å². The van der Waals surface area contributed by atoms with Crippen molar-refractivity contribution in [1.82, 2.24) is 10.3 Å². The summed E-state index contributed by atoms with van der Waals surface area (Å²) in [7, 11) is 1.41. The number of nitrogens with zero attached hydrogens (tertiary/aromatic N) is 2. The highest BCUT2D eigenvalue weighted by atomic mass is 32.1. The molecule has 1 amide bonds. The first-order valence-electron chi connectivity index (χ1n) is 10.9. The summed E-state index contributed by atoms with van der Waals surface area (Å²) in [6.07, 6.45) is 4.52. The van der Waals surface area contributed by atoms with Gasteiger partial charge in [0.15, 0.2) is 11.5 Å². The Bertz CT molecular complexity index is 1150. The number of ether oxygens (including phenoxy) is 3. The van der Waals surface area contributed by atoms with Gasteiger partial charge in [0.1, 0.15) is 17.9 Å². The van der Waals surface area contributed by atoms with Crippen LogP contribution in [0.25, 0.3) is 0 Å². The number of carbonyl (C=O) groups excluding carboxylic acids is 1. The van der Waals surface area contributed by atoms with Crippen LogP contribution >= 0.6 is 11.3 Å². The summed E-state index contributed by atoms with van der Waals surface area (Å²) >= 11 is 1.42. The lowest BCUT2D eigenvalue weighted by Gasteiger charge is -2.17. The molecule has 1 aliphatic rings. The second-order valence-electron chi connectivity index (χ2n) is 7.86. The molecule has 0 bridgehead atoms. The summed E-state index contributed by atoms with van der Waals surface area (Å²) in [5.74, 6) is 0.504. The minimum absolute atomic E-state index is 0.114. The van der Waals surface area contributed by atoms with E-state index in [1.54, 1.807) is 5.51 Å². The smallest absolute Gasteiger partial charge is 0.286 e. The predicted octanol–water partition coefficient (Wildman–Crippen LogP) is 4.89. The van der Waals surface area contributed by atoms with Gasteiger partial charge < -0.3 is 19.5 Å². The molecule has 0 atom stereocenters. The second kappa shape index (κ2) is 11.0. The van der Waals surface area contributed by atoms with E-state index >= 15 is 0 Å². The van der Waals surface area contributed by atoms with E-state index < -0.39 is 10.8 Å². The lowest BCUT2D eigenvalue weighted by molar-refractivity contribution is -0.385. The summed E-state index contributed by atoms with van der Waals surface area (Å²) in [6.45, 7) is 0.295. The third kappa shape index (κ3) is 5.63. The van der Waals surface area contributed by atoms with E-state index in [1.165, 1.54) is 30.6 Å². The van der Waals surface area contributed by atoms with Gasteiger partial charge in [-0.05, 0) is 31.7 Å². The molecule has 1 heterocycles. The molecule has 1 saturated carbocycles. The molecule has 0 spiro atoms. The summed E-state index contributed by atoms with van der Waals surface area (Å²) in [4.78, 5) is 28.2. The van der Waals surface area contributed by atoms with Crippen LogP contribution in [0.2, 0.25) is 0 Å². The van der Waals surface area contributed by atoms with E-state index in [1.807, 2.05) is 29.6 Å². The zero-order valence-electron chi connectivity index (χ0n) is 18.7. The highest BCUT2D eigenvalue weighted by molar-refractivity contribution is 7.07. The number of hydrogen-bond donors (Lipinski definition) is 1. The Morgan fingerprint density at radius 2 is 2.00 bits per heavy atom. The van der Waals surface area contributed by atoms with Crippen LogP contribution in [0.1, 0.15) is 47.3 Å². The van der Waals surface area contributed by atoms with Crippen molar-refractivity contribution in [2.24, 2.45) is 0 Å². The maximum Gasteiger partial charge on any atom is 0.286 e. The van der Waals surface area contributed by atoms with Crippen LogP contribution in [0, 0.1) is 10.1 Å². The van der Waals surface area contributed by atoms with Gasteiger partial charge in [-0.3, -0.25) is 14.9 Å². The van der Waals surface area contributed by atoms with Gasteiger partial charge in [-0.2, -0.15) is 0 Å². The first-order chi connectivity index (χ1) is 16.5. The molecule has 1 aliphatic carbocycles. The second-order valence-corrected chi connectivity index (χ2v) is 8.58. The molecule has 9 nitrogen and oxygen atoms in total. The van der Waals surface area contributed by atoms with E-state index in [-0.39, 0.29) is 42.0 Å². The molecule has 178 valence electrons. The van der Waals surface area contributed by atoms with Gasteiger partial charge in [-0.1, -0.05) is 18.2 Å². The summed E-state index contributed by atoms with van der Waals surface area (Å²) in [5, 5.41) is 16.3. The van der Waals surface area contributed by atoms with Crippen LogP contribution in [0.5, 0.6) is 17.2 Å². The van der Waals surface area contributed by atoms with Gasteiger partial charge in [0.05, 0.1) is 35.4 Å². The molecular formula is C24H25N3O6S. The molecule has 0 saturated heterocycles. The van der Waals surface area contributed by atoms with E-state index in [0.29, 0.717) is 11.4 Å². The fourth-order valence-electron chi connectivity index (χ4n) is 3.84. The predicted molar refractivity (Wildman–Crippen MR) is 127 cm³/mol. The van der Waals surface area contributed by atoms with Crippen molar-refractivity contribution in [2.45, 2.75) is 44.9 Å². The highest BCUT2D eigenvalue weighted by Gasteiger charge is 2.25.